The minimum Gasteiger partial charge on any atom is -0.352 e. The molecule has 0 aromatic heterocycles. The molecule has 4 nitrogen and oxygen atoms in total. The summed E-state index contributed by atoms with van der Waals surface area (Å²) in [6.45, 7) is 4.67. The number of hydrogen-bond acceptors (Lipinski definition) is 3. The molecule has 2 aliphatic rings. The number of rotatable bonds is 4. The van der Waals surface area contributed by atoms with Gasteiger partial charge in [0.25, 0.3) is 0 Å². The summed E-state index contributed by atoms with van der Waals surface area (Å²) >= 11 is 0. The molecule has 0 radical (unpaired) electrons. The highest BCUT2D eigenvalue weighted by Crippen LogP contribution is 2.34. The molecule has 0 aromatic carbocycles. The zero-order valence-corrected chi connectivity index (χ0v) is 9.69. The number of nitrogens with zero attached hydrogens (tertiary/aromatic N) is 1. The predicted octanol–water partition coefficient (Wildman–Crippen LogP) is 0.243. The minimum atomic E-state index is 0.104. The van der Waals surface area contributed by atoms with Crippen LogP contribution in [0.15, 0.2) is 12.7 Å². The summed E-state index contributed by atoms with van der Waals surface area (Å²) in [4.78, 5) is 14.0. The molecule has 2 rings (SSSR count). The Labute approximate surface area is 96.9 Å². The molecule has 90 valence electrons. The number of hydrogen-bond donors (Lipinski definition) is 2. The van der Waals surface area contributed by atoms with Crippen LogP contribution in [0.5, 0.6) is 0 Å². The SMILES string of the molecule is C=CCNC(=O)CN1C2CCC1CC(N)C2. The number of piperidine rings is 1. The Kier molecular flexibility index (Phi) is 3.61. The van der Waals surface area contributed by atoms with E-state index in [1.54, 1.807) is 6.08 Å². The van der Waals surface area contributed by atoms with Gasteiger partial charge in [0.15, 0.2) is 0 Å². The Morgan fingerprint density at radius 1 is 1.44 bits per heavy atom. The quantitative estimate of drug-likeness (QED) is 0.671. The third-order valence-corrected chi connectivity index (χ3v) is 3.69. The van der Waals surface area contributed by atoms with E-state index in [4.69, 9.17) is 5.73 Å². The van der Waals surface area contributed by atoms with Gasteiger partial charge in [-0.25, -0.2) is 0 Å². The molecule has 2 atom stereocenters. The van der Waals surface area contributed by atoms with Crippen molar-refractivity contribution in [2.75, 3.05) is 13.1 Å². The van der Waals surface area contributed by atoms with Gasteiger partial charge >= 0.3 is 0 Å². The summed E-state index contributed by atoms with van der Waals surface area (Å²) in [6, 6.07) is 1.40. The average molecular weight is 223 g/mol. The van der Waals surface area contributed by atoms with Crippen LogP contribution in [0.25, 0.3) is 0 Å². The van der Waals surface area contributed by atoms with Gasteiger partial charge in [-0.15, -0.1) is 6.58 Å². The molecule has 2 heterocycles. The second kappa shape index (κ2) is 4.97. The molecule has 4 heteroatoms. The fourth-order valence-corrected chi connectivity index (χ4v) is 2.98. The van der Waals surface area contributed by atoms with Crippen LogP contribution in [0, 0.1) is 0 Å². The highest BCUT2D eigenvalue weighted by atomic mass is 16.2. The van der Waals surface area contributed by atoms with Gasteiger partial charge in [0.2, 0.25) is 5.91 Å². The van der Waals surface area contributed by atoms with Crippen LogP contribution in [0.1, 0.15) is 25.7 Å². The first-order valence-electron chi connectivity index (χ1n) is 6.09. The number of carbonyl (C=O) groups excluding carboxylic acids is 1. The third kappa shape index (κ3) is 2.44. The lowest BCUT2D eigenvalue weighted by atomic mass is 9.98. The lowest BCUT2D eigenvalue weighted by Crippen LogP contribution is -2.50. The number of amides is 1. The first-order valence-corrected chi connectivity index (χ1v) is 6.09. The van der Waals surface area contributed by atoms with Gasteiger partial charge in [0, 0.05) is 24.7 Å². The zero-order valence-electron chi connectivity index (χ0n) is 9.69. The fraction of sp³-hybridized carbons (Fsp3) is 0.750. The Morgan fingerprint density at radius 3 is 2.62 bits per heavy atom. The van der Waals surface area contributed by atoms with Crippen LogP contribution >= 0.6 is 0 Å². The van der Waals surface area contributed by atoms with Crippen molar-refractivity contribution in [2.45, 2.75) is 43.8 Å². The van der Waals surface area contributed by atoms with Gasteiger partial charge in [-0.1, -0.05) is 6.08 Å². The maximum atomic E-state index is 11.6. The van der Waals surface area contributed by atoms with Crippen molar-refractivity contribution in [1.82, 2.24) is 10.2 Å². The maximum absolute atomic E-state index is 11.6. The summed E-state index contributed by atoms with van der Waals surface area (Å²) in [5.74, 6) is 0.104. The normalized spacial score (nSPS) is 33.7. The van der Waals surface area contributed by atoms with E-state index >= 15 is 0 Å². The molecule has 2 aliphatic heterocycles. The van der Waals surface area contributed by atoms with E-state index in [9.17, 15) is 4.79 Å². The number of fused-ring (bicyclic) bond motifs is 2. The molecular weight excluding hydrogens is 202 g/mol. The Hall–Kier alpha value is -0.870. The Balaban J connectivity index is 1.86. The molecule has 0 aliphatic carbocycles. The predicted molar refractivity (Wildman–Crippen MR) is 63.9 cm³/mol. The van der Waals surface area contributed by atoms with Crippen molar-refractivity contribution >= 4 is 5.91 Å². The monoisotopic (exact) mass is 223 g/mol. The number of carbonyl (C=O) groups is 1. The summed E-state index contributed by atoms with van der Waals surface area (Å²) in [7, 11) is 0. The summed E-state index contributed by atoms with van der Waals surface area (Å²) in [5.41, 5.74) is 5.99. The summed E-state index contributed by atoms with van der Waals surface area (Å²) in [5, 5.41) is 2.83. The van der Waals surface area contributed by atoms with Gasteiger partial charge < -0.3 is 11.1 Å². The highest BCUT2D eigenvalue weighted by Gasteiger charge is 2.40. The van der Waals surface area contributed by atoms with Gasteiger partial charge in [0.05, 0.1) is 6.54 Å². The molecule has 0 spiro atoms. The third-order valence-electron chi connectivity index (χ3n) is 3.69. The molecular formula is C12H21N3O. The first kappa shape index (κ1) is 11.6. The summed E-state index contributed by atoms with van der Waals surface area (Å²) < 4.78 is 0. The number of nitrogens with one attached hydrogen (secondary N) is 1. The second-order valence-electron chi connectivity index (χ2n) is 4.88. The molecule has 1 amide bonds. The highest BCUT2D eigenvalue weighted by molar-refractivity contribution is 5.78. The standard InChI is InChI=1S/C12H21N3O/c1-2-5-14-12(16)8-15-10-3-4-11(15)7-9(13)6-10/h2,9-11H,1,3-8,13H2,(H,14,16). The fourth-order valence-electron chi connectivity index (χ4n) is 2.98. The van der Waals surface area contributed by atoms with Crippen LogP contribution in [-0.2, 0) is 4.79 Å². The molecule has 0 aromatic rings. The topological polar surface area (TPSA) is 58.4 Å². The molecule has 2 bridgehead atoms. The lowest BCUT2D eigenvalue weighted by molar-refractivity contribution is -0.123. The lowest BCUT2D eigenvalue weighted by Gasteiger charge is -2.37. The Morgan fingerprint density at radius 2 is 2.06 bits per heavy atom. The van der Waals surface area contributed by atoms with Gasteiger partial charge in [-0.05, 0) is 25.7 Å². The largest absolute Gasteiger partial charge is 0.352 e. The zero-order chi connectivity index (χ0) is 11.5. The van der Waals surface area contributed by atoms with Crippen LogP contribution in [0.2, 0.25) is 0 Å². The molecule has 2 fully saturated rings. The van der Waals surface area contributed by atoms with E-state index in [0.29, 0.717) is 31.2 Å². The van der Waals surface area contributed by atoms with Crippen molar-refractivity contribution < 1.29 is 4.79 Å². The minimum absolute atomic E-state index is 0.104. The molecule has 2 saturated heterocycles. The molecule has 2 unspecified atom stereocenters. The smallest absolute Gasteiger partial charge is 0.234 e. The van der Waals surface area contributed by atoms with Crippen molar-refractivity contribution in [1.29, 1.82) is 0 Å². The first-order chi connectivity index (χ1) is 7.70. The van der Waals surface area contributed by atoms with E-state index in [0.717, 1.165) is 12.8 Å². The average Bonchev–Trinajstić information content (AvgIpc) is 2.50. The van der Waals surface area contributed by atoms with E-state index in [-0.39, 0.29) is 5.91 Å². The van der Waals surface area contributed by atoms with Gasteiger partial charge in [-0.2, -0.15) is 0 Å². The van der Waals surface area contributed by atoms with E-state index in [2.05, 4.69) is 16.8 Å². The Bertz CT molecular complexity index is 265. The number of nitrogens with two attached hydrogens (primary N) is 1. The van der Waals surface area contributed by atoms with E-state index < -0.39 is 0 Å². The molecule has 3 N–H and O–H groups in total. The molecule has 16 heavy (non-hydrogen) atoms. The van der Waals surface area contributed by atoms with Crippen molar-refractivity contribution in [3.63, 3.8) is 0 Å². The van der Waals surface area contributed by atoms with Crippen LogP contribution in [-0.4, -0.2) is 42.0 Å². The molecule has 0 saturated carbocycles. The van der Waals surface area contributed by atoms with Crippen LogP contribution in [0.4, 0.5) is 0 Å². The van der Waals surface area contributed by atoms with Gasteiger partial charge in [0.1, 0.15) is 0 Å². The van der Waals surface area contributed by atoms with E-state index in [1.165, 1.54) is 12.8 Å². The van der Waals surface area contributed by atoms with Crippen molar-refractivity contribution in [3.05, 3.63) is 12.7 Å². The maximum Gasteiger partial charge on any atom is 0.234 e. The van der Waals surface area contributed by atoms with Crippen LogP contribution < -0.4 is 11.1 Å². The second-order valence-corrected chi connectivity index (χ2v) is 4.88. The van der Waals surface area contributed by atoms with E-state index in [1.807, 2.05) is 0 Å². The van der Waals surface area contributed by atoms with Gasteiger partial charge in [-0.3, -0.25) is 9.69 Å². The summed E-state index contributed by atoms with van der Waals surface area (Å²) in [6.07, 6.45) is 6.20. The van der Waals surface area contributed by atoms with Crippen molar-refractivity contribution in [3.8, 4) is 0 Å². The van der Waals surface area contributed by atoms with Crippen LogP contribution in [0.3, 0.4) is 0 Å². The van der Waals surface area contributed by atoms with Crippen molar-refractivity contribution in [2.24, 2.45) is 5.73 Å².